The second kappa shape index (κ2) is 5.54. The van der Waals surface area contributed by atoms with Crippen molar-refractivity contribution in [3.8, 4) is 0 Å². The highest BCUT2D eigenvalue weighted by molar-refractivity contribution is 5.53. The lowest BCUT2D eigenvalue weighted by Gasteiger charge is -2.18. The van der Waals surface area contributed by atoms with Gasteiger partial charge in [0.1, 0.15) is 17.3 Å². The number of hydrogen-bond acceptors (Lipinski definition) is 5. The Hall–Kier alpha value is -2.02. The van der Waals surface area contributed by atoms with Gasteiger partial charge in [0.05, 0.1) is 6.54 Å². The molecule has 5 nitrogen and oxygen atoms in total. The first kappa shape index (κ1) is 14.4. The molecule has 0 radical (unpaired) electrons. The van der Waals surface area contributed by atoms with Crippen molar-refractivity contribution >= 4 is 11.7 Å². The van der Waals surface area contributed by atoms with E-state index in [1.165, 1.54) is 6.07 Å². The molecule has 0 amide bonds. The van der Waals surface area contributed by atoms with E-state index in [0.29, 0.717) is 12.4 Å². The van der Waals surface area contributed by atoms with E-state index in [1.54, 1.807) is 0 Å². The minimum Gasteiger partial charge on any atom is -0.406 e. The fraction of sp³-hybridized carbons (Fsp3) is 0.385. The molecule has 7 heteroatoms. The van der Waals surface area contributed by atoms with E-state index >= 15 is 0 Å². The summed E-state index contributed by atoms with van der Waals surface area (Å²) in [6, 6.07) is 3.51. The standard InChI is InChI=1S/C13H16F2N4O/c1-13(2,3)16-7-10-18-19-12(20-10)17-11-8(14)5-4-6-9(11)15/h4-6,16H,7H2,1-3H3,(H,17,19). The molecule has 20 heavy (non-hydrogen) atoms. The molecule has 0 aliphatic rings. The fourth-order valence-electron chi connectivity index (χ4n) is 1.44. The van der Waals surface area contributed by atoms with Gasteiger partial charge in [-0.1, -0.05) is 11.2 Å². The molecule has 0 aliphatic carbocycles. The Morgan fingerprint density at radius 3 is 2.40 bits per heavy atom. The van der Waals surface area contributed by atoms with Crippen LogP contribution in [0.2, 0.25) is 0 Å². The van der Waals surface area contributed by atoms with E-state index in [9.17, 15) is 8.78 Å². The lowest BCUT2D eigenvalue weighted by atomic mass is 10.1. The molecule has 0 fully saturated rings. The zero-order valence-electron chi connectivity index (χ0n) is 11.5. The molecule has 0 aliphatic heterocycles. The van der Waals surface area contributed by atoms with Crippen LogP contribution in [0.25, 0.3) is 0 Å². The Balaban J connectivity index is 2.06. The summed E-state index contributed by atoms with van der Waals surface area (Å²) < 4.78 is 32.1. The highest BCUT2D eigenvalue weighted by Gasteiger charge is 2.14. The molecular formula is C13H16F2N4O. The summed E-state index contributed by atoms with van der Waals surface area (Å²) in [5.74, 6) is -1.12. The van der Waals surface area contributed by atoms with Crippen LogP contribution in [-0.4, -0.2) is 15.7 Å². The van der Waals surface area contributed by atoms with Gasteiger partial charge in [-0.2, -0.15) is 0 Å². The summed E-state index contributed by atoms with van der Waals surface area (Å²) in [5.41, 5.74) is -0.411. The maximum atomic E-state index is 13.4. The highest BCUT2D eigenvalue weighted by atomic mass is 19.1. The van der Waals surface area contributed by atoms with E-state index in [2.05, 4.69) is 20.8 Å². The quantitative estimate of drug-likeness (QED) is 0.902. The molecule has 2 N–H and O–H groups in total. The summed E-state index contributed by atoms with van der Waals surface area (Å²) in [5, 5.41) is 13.1. The zero-order chi connectivity index (χ0) is 14.8. The second-order valence-electron chi connectivity index (χ2n) is 5.33. The van der Waals surface area contributed by atoms with Gasteiger partial charge in [0.25, 0.3) is 0 Å². The molecule has 1 aromatic carbocycles. The Labute approximate surface area is 115 Å². The van der Waals surface area contributed by atoms with E-state index in [-0.39, 0.29) is 17.2 Å². The van der Waals surface area contributed by atoms with E-state index in [4.69, 9.17) is 4.42 Å². The van der Waals surface area contributed by atoms with Crippen molar-refractivity contribution in [3.63, 3.8) is 0 Å². The lowest BCUT2D eigenvalue weighted by Crippen LogP contribution is -2.35. The van der Waals surface area contributed by atoms with Gasteiger partial charge >= 0.3 is 6.01 Å². The largest absolute Gasteiger partial charge is 0.406 e. The number of halogens is 2. The number of rotatable bonds is 4. The summed E-state index contributed by atoms with van der Waals surface area (Å²) in [6.45, 7) is 6.36. The van der Waals surface area contributed by atoms with Gasteiger partial charge in [0, 0.05) is 5.54 Å². The van der Waals surface area contributed by atoms with Crippen LogP contribution >= 0.6 is 0 Å². The Morgan fingerprint density at radius 1 is 1.15 bits per heavy atom. The number of nitrogens with one attached hydrogen (secondary N) is 2. The summed E-state index contributed by atoms with van der Waals surface area (Å²) >= 11 is 0. The summed E-state index contributed by atoms with van der Waals surface area (Å²) in [4.78, 5) is 0. The van der Waals surface area contributed by atoms with Crippen LogP contribution in [0.4, 0.5) is 20.5 Å². The summed E-state index contributed by atoms with van der Waals surface area (Å²) in [6.07, 6.45) is 0. The Kier molecular flexibility index (Phi) is 3.99. The highest BCUT2D eigenvalue weighted by Crippen LogP contribution is 2.22. The first-order valence-electron chi connectivity index (χ1n) is 6.13. The van der Waals surface area contributed by atoms with Crippen LogP contribution in [0.3, 0.4) is 0 Å². The van der Waals surface area contributed by atoms with Crippen molar-refractivity contribution in [3.05, 3.63) is 35.7 Å². The van der Waals surface area contributed by atoms with Crippen molar-refractivity contribution in [2.45, 2.75) is 32.9 Å². The Bertz CT molecular complexity index is 572. The molecule has 0 saturated carbocycles. The van der Waals surface area contributed by atoms with Gasteiger partial charge in [0.15, 0.2) is 0 Å². The Morgan fingerprint density at radius 2 is 1.80 bits per heavy atom. The smallest absolute Gasteiger partial charge is 0.320 e. The third kappa shape index (κ3) is 3.74. The molecule has 0 bridgehead atoms. The van der Waals surface area contributed by atoms with Crippen molar-refractivity contribution in [2.75, 3.05) is 5.32 Å². The van der Waals surface area contributed by atoms with Crippen LogP contribution in [0.5, 0.6) is 0 Å². The van der Waals surface area contributed by atoms with E-state index in [1.807, 2.05) is 20.8 Å². The topological polar surface area (TPSA) is 63.0 Å². The molecule has 0 saturated heterocycles. The molecule has 1 heterocycles. The van der Waals surface area contributed by atoms with Gasteiger partial charge in [-0.25, -0.2) is 8.78 Å². The molecule has 108 valence electrons. The minimum atomic E-state index is -0.724. The van der Waals surface area contributed by atoms with Crippen LogP contribution < -0.4 is 10.6 Å². The lowest BCUT2D eigenvalue weighted by molar-refractivity contribution is 0.384. The number of anilines is 2. The average Bonchev–Trinajstić information content (AvgIpc) is 2.79. The van der Waals surface area contributed by atoms with Crippen molar-refractivity contribution in [1.29, 1.82) is 0 Å². The predicted octanol–water partition coefficient (Wildman–Crippen LogP) is 2.98. The van der Waals surface area contributed by atoms with Crippen LogP contribution in [0.1, 0.15) is 26.7 Å². The maximum Gasteiger partial charge on any atom is 0.320 e. The second-order valence-corrected chi connectivity index (χ2v) is 5.33. The number of nitrogens with zero attached hydrogens (tertiary/aromatic N) is 2. The molecule has 2 aromatic rings. The van der Waals surface area contributed by atoms with Gasteiger partial charge < -0.3 is 15.1 Å². The number of hydrogen-bond donors (Lipinski definition) is 2. The van der Waals surface area contributed by atoms with Crippen LogP contribution in [0.15, 0.2) is 22.6 Å². The molecule has 1 aromatic heterocycles. The third-order valence-electron chi connectivity index (χ3n) is 2.43. The van der Waals surface area contributed by atoms with Crippen molar-refractivity contribution < 1.29 is 13.2 Å². The molecule has 0 spiro atoms. The molecule has 0 unspecified atom stereocenters. The van der Waals surface area contributed by atoms with Crippen LogP contribution in [0, 0.1) is 11.6 Å². The van der Waals surface area contributed by atoms with Gasteiger partial charge in [-0.3, -0.25) is 0 Å². The fourth-order valence-corrected chi connectivity index (χ4v) is 1.44. The number of benzene rings is 1. The number of aromatic nitrogens is 2. The normalized spacial score (nSPS) is 11.7. The first-order valence-corrected chi connectivity index (χ1v) is 6.13. The van der Waals surface area contributed by atoms with Crippen molar-refractivity contribution in [2.24, 2.45) is 0 Å². The van der Waals surface area contributed by atoms with E-state index < -0.39 is 11.6 Å². The summed E-state index contributed by atoms with van der Waals surface area (Å²) in [7, 11) is 0. The predicted molar refractivity (Wildman–Crippen MR) is 70.5 cm³/mol. The maximum absolute atomic E-state index is 13.4. The number of para-hydroxylation sites is 1. The average molecular weight is 282 g/mol. The van der Waals surface area contributed by atoms with Crippen LogP contribution in [-0.2, 0) is 6.54 Å². The SMILES string of the molecule is CC(C)(C)NCc1nnc(Nc2c(F)cccc2F)o1. The van der Waals surface area contributed by atoms with E-state index in [0.717, 1.165) is 12.1 Å². The van der Waals surface area contributed by atoms with Gasteiger partial charge in [0.2, 0.25) is 5.89 Å². The first-order chi connectivity index (χ1) is 9.35. The monoisotopic (exact) mass is 282 g/mol. The molecule has 2 rings (SSSR count). The third-order valence-corrected chi connectivity index (χ3v) is 2.43. The minimum absolute atomic E-state index is 0.0558. The van der Waals surface area contributed by atoms with Gasteiger partial charge in [-0.05, 0) is 32.9 Å². The zero-order valence-corrected chi connectivity index (χ0v) is 11.5. The molecule has 0 atom stereocenters. The van der Waals surface area contributed by atoms with Gasteiger partial charge in [-0.15, -0.1) is 5.10 Å². The van der Waals surface area contributed by atoms with Crippen molar-refractivity contribution in [1.82, 2.24) is 15.5 Å². The molecular weight excluding hydrogens is 266 g/mol.